The fourth-order valence-corrected chi connectivity index (χ4v) is 4.69. The van der Waals surface area contributed by atoms with Gasteiger partial charge in [-0.3, -0.25) is 4.79 Å². The molecule has 0 aromatic heterocycles. The van der Waals surface area contributed by atoms with Crippen LogP contribution in [-0.2, 0) is 10.2 Å². The van der Waals surface area contributed by atoms with Crippen LogP contribution in [-0.4, -0.2) is 5.91 Å². The van der Waals surface area contributed by atoms with Crippen molar-refractivity contribution in [3.05, 3.63) is 138 Å². The summed E-state index contributed by atoms with van der Waals surface area (Å²) >= 11 is 0. The average Bonchev–Trinajstić information content (AvgIpc) is 2.81. The van der Waals surface area contributed by atoms with Crippen LogP contribution in [0.4, 0.5) is 5.69 Å². The summed E-state index contributed by atoms with van der Waals surface area (Å²) in [6.45, 7) is 2.06. The number of β-lactam (4-membered cyclic amide) rings is 1. The highest BCUT2D eigenvalue weighted by Gasteiger charge is 2.63. The number of amides is 1. The Labute approximate surface area is 177 Å². The zero-order valence-corrected chi connectivity index (χ0v) is 16.9. The molecule has 1 aliphatic heterocycles. The first-order valence-corrected chi connectivity index (χ1v) is 10.3. The van der Waals surface area contributed by atoms with E-state index in [1.54, 1.807) is 0 Å². The molecule has 1 aliphatic rings. The minimum atomic E-state index is -0.755. The third-order valence-corrected chi connectivity index (χ3v) is 6.11. The van der Waals surface area contributed by atoms with E-state index in [1.807, 2.05) is 71.6 Å². The predicted molar refractivity (Wildman–Crippen MR) is 122 cm³/mol. The van der Waals surface area contributed by atoms with Crippen molar-refractivity contribution < 1.29 is 4.79 Å². The number of rotatable bonds is 4. The number of aryl methyl sites for hydroxylation is 1. The maximum absolute atomic E-state index is 14.1. The van der Waals surface area contributed by atoms with Gasteiger partial charge >= 0.3 is 0 Å². The second kappa shape index (κ2) is 7.31. The van der Waals surface area contributed by atoms with Crippen molar-refractivity contribution >= 4 is 11.6 Å². The molecule has 30 heavy (non-hydrogen) atoms. The highest BCUT2D eigenvalue weighted by atomic mass is 16.2. The van der Waals surface area contributed by atoms with Gasteiger partial charge in [0, 0.05) is 5.69 Å². The van der Waals surface area contributed by atoms with Crippen molar-refractivity contribution in [2.45, 2.75) is 18.4 Å². The SMILES string of the molecule is Cc1ccc(N2C(=O)C(c3ccccc3)(c3ccccc3)C2c2ccccc2)cc1. The summed E-state index contributed by atoms with van der Waals surface area (Å²) < 4.78 is 0. The minimum absolute atomic E-state index is 0.109. The molecule has 1 saturated heterocycles. The Balaban J connectivity index is 1.77. The van der Waals surface area contributed by atoms with E-state index in [-0.39, 0.29) is 11.9 Å². The smallest absolute Gasteiger partial charge is 0.245 e. The van der Waals surface area contributed by atoms with E-state index in [0.717, 1.165) is 22.4 Å². The molecular formula is C28H23NO. The molecule has 0 aliphatic carbocycles. The number of benzene rings is 4. The average molecular weight is 389 g/mol. The molecule has 2 nitrogen and oxygen atoms in total. The van der Waals surface area contributed by atoms with E-state index in [9.17, 15) is 4.79 Å². The molecule has 4 aromatic carbocycles. The molecule has 0 saturated carbocycles. The Morgan fingerprint density at radius 3 is 1.60 bits per heavy atom. The van der Waals surface area contributed by atoms with Gasteiger partial charge in [-0.15, -0.1) is 0 Å². The molecule has 1 heterocycles. The maximum Gasteiger partial charge on any atom is 0.245 e. The molecule has 4 aromatic rings. The largest absolute Gasteiger partial charge is 0.302 e. The highest BCUT2D eigenvalue weighted by Crippen LogP contribution is 2.57. The fourth-order valence-electron chi connectivity index (χ4n) is 4.69. The van der Waals surface area contributed by atoms with E-state index in [0.29, 0.717) is 0 Å². The van der Waals surface area contributed by atoms with Gasteiger partial charge in [0.1, 0.15) is 5.41 Å². The molecule has 1 atom stereocenters. The number of carbonyl (C=O) groups excluding carboxylic acids is 1. The maximum atomic E-state index is 14.1. The lowest BCUT2D eigenvalue weighted by atomic mass is 9.59. The standard InChI is InChI=1S/C28H23NO/c1-21-17-19-25(20-18-21)29-26(22-11-5-2-6-12-22)28(27(29)30,23-13-7-3-8-14-23)24-15-9-4-10-16-24/h2-20,26H,1H3. The quantitative estimate of drug-likeness (QED) is 0.388. The normalized spacial score (nSPS) is 17.4. The number of hydrogen-bond acceptors (Lipinski definition) is 1. The molecule has 1 fully saturated rings. The van der Waals surface area contributed by atoms with Crippen LogP contribution in [0.25, 0.3) is 0 Å². The summed E-state index contributed by atoms with van der Waals surface area (Å²) in [5.41, 5.74) is 4.54. The van der Waals surface area contributed by atoms with Crippen LogP contribution in [0.2, 0.25) is 0 Å². The number of hydrogen-bond donors (Lipinski definition) is 0. The third kappa shape index (κ3) is 2.68. The van der Waals surface area contributed by atoms with Gasteiger partial charge in [0.15, 0.2) is 0 Å². The molecular weight excluding hydrogens is 366 g/mol. The van der Waals surface area contributed by atoms with E-state index < -0.39 is 5.41 Å². The summed E-state index contributed by atoms with van der Waals surface area (Å²) in [4.78, 5) is 16.0. The van der Waals surface area contributed by atoms with Crippen LogP contribution in [0, 0.1) is 6.92 Å². The Morgan fingerprint density at radius 1 is 0.633 bits per heavy atom. The zero-order chi connectivity index (χ0) is 20.6. The molecule has 1 amide bonds. The summed E-state index contributed by atoms with van der Waals surface area (Å²) in [5, 5.41) is 0. The topological polar surface area (TPSA) is 20.3 Å². The third-order valence-electron chi connectivity index (χ3n) is 6.11. The van der Waals surface area contributed by atoms with E-state index in [2.05, 4.69) is 55.5 Å². The van der Waals surface area contributed by atoms with Crippen molar-refractivity contribution in [3.63, 3.8) is 0 Å². The van der Waals surface area contributed by atoms with E-state index >= 15 is 0 Å². The summed E-state index contributed by atoms with van der Waals surface area (Å²) in [7, 11) is 0. The Morgan fingerprint density at radius 2 is 1.10 bits per heavy atom. The van der Waals surface area contributed by atoms with Crippen molar-refractivity contribution in [2.24, 2.45) is 0 Å². The molecule has 0 spiro atoms. The lowest BCUT2D eigenvalue weighted by Gasteiger charge is -2.57. The van der Waals surface area contributed by atoms with Crippen LogP contribution >= 0.6 is 0 Å². The molecule has 0 bridgehead atoms. The Hall–Kier alpha value is -3.65. The highest BCUT2D eigenvalue weighted by molar-refractivity contribution is 6.12. The Kier molecular flexibility index (Phi) is 4.48. The fraction of sp³-hybridized carbons (Fsp3) is 0.107. The van der Waals surface area contributed by atoms with Gasteiger partial charge in [-0.1, -0.05) is 109 Å². The molecule has 0 N–H and O–H groups in total. The van der Waals surface area contributed by atoms with Gasteiger partial charge in [0.05, 0.1) is 6.04 Å². The number of nitrogens with zero attached hydrogens (tertiary/aromatic N) is 1. The zero-order valence-electron chi connectivity index (χ0n) is 16.9. The lowest BCUT2D eigenvalue weighted by Crippen LogP contribution is -2.67. The van der Waals surface area contributed by atoms with Crippen LogP contribution in [0.1, 0.15) is 28.3 Å². The van der Waals surface area contributed by atoms with Crippen LogP contribution in [0.15, 0.2) is 115 Å². The molecule has 146 valence electrons. The van der Waals surface area contributed by atoms with Crippen LogP contribution < -0.4 is 4.90 Å². The van der Waals surface area contributed by atoms with Crippen molar-refractivity contribution in [1.29, 1.82) is 0 Å². The molecule has 0 radical (unpaired) electrons. The van der Waals surface area contributed by atoms with Gasteiger partial charge in [-0.25, -0.2) is 0 Å². The van der Waals surface area contributed by atoms with Gasteiger partial charge in [-0.05, 0) is 35.7 Å². The van der Waals surface area contributed by atoms with E-state index in [1.165, 1.54) is 5.56 Å². The van der Waals surface area contributed by atoms with Crippen LogP contribution in [0.5, 0.6) is 0 Å². The monoisotopic (exact) mass is 389 g/mol. The van der Waals surface area contributed by atoms with E-state index in [4.69, 9.17) is 0 Å². The predicted octanol–water partition coefficient (Wildman–Crippen LogP) is 6.07. The summed E-state index contributed by atoms with van der Waals surface area (Å²) in [5.74, 6) is 0.109. The van der Waals surface area contributed by atoms with Gasteiger partial charge in [0.2, 0.25) is 5.91 Å². The van der Waals surface area contributed by atoms with Crippen LogP contribution in [0.3, 0.4) is 0 Å². The van der Waals surface area contributed by atoms with Crippen molar-refractivity contribution in [1.82, 2.24) is 0 Å². The Bertz CT molecular complexity index is 1110. The van der Waals surface area contributed by atoms with Gasteiger partial charge < -0.3 is 4.90 Å². The molecule has 1 unspecified atom stereocenters. The van der Waals surface area contributed by atoms with Gasteiger partial charge in [0.25, 0.3) is 0 Å². The summed E-state index contributed by atoms with van der Waals surface area (Å²) in [6.07, 6.45) is 0. The van der Waals surface area contributed by atoms with Gasteiger partial charge in [-0.2, -0.15) is 0 Å². The number of anilines is 1. The molecule has 5 rings (SSSR count). The number of carbonyl (C=O) groups is 1. The first-order chi connectivity index (χ1) is 14.7. The summed E-state index contributed by atoms with van der Waals surface area (Å²) in [6, 6.07) is 38.8. The lowest BCUT2D eigenvalue weighted by molar-refractivity contribution is -0.131. The minimum Gasteiger partial charge on any atom is -0.302 e. The first kappa shape index (κ1) is 18.4. The molecule has 2 heteroatoms. The second-order valence-electron chi connectivity index (χ2n) is 7.86. The second-order valence-corrected chi connectivity index (χ2v) is 7.86. The first-order valence-electron chi connectivity index (χ1n) is 10.3. The van der Waals surface area contributed by atoms with Crippen molar-refractivity contribution in [2.75, 3.05) is 4.90 Å². The van der Waals surface area contributed by atoms with Crippen molar-refractivity contribution in [3.8, 4) is 0 Å².